The zero-order valence-electron chi connectivity index (χ0n) is 10.1. The third-order valence-corrected chi connectivity index (χ3v) is 3.87. The number of hydrogen-bond acceptors (Lipinski definition) is 2. The molecule has 0 aromatic heterocycles. The number of carbonyl (C=O) groups excluding carboxylic acids is 1. The molecule has 0 aromatic carbocycles. The van der Waals surface area contributed by atoms with Crippen LogP contribution >= 0.6 is 12.4 Å². The molecular weight excluding hydrogens is 224 g/mol. The molecule has 0 radical (unpaired) electrons. The second-order valence-electron chi connectivity index (χ2n) is 5.44. The van der Waals surface area contributed by atoms with Crippen molar-refractivity contribution in [1.82, 2.24) is 10.6 Å². The van der Waals surface area contributed by atoms with Crippen LogP contribution in [0.4, 0.5) is 0 Å². The summed E-state index contributed by atoms with van der Waals surface area (Å²) >= 11 is 0. The normalized spacial score (nSPS) is 26.7. The molecule has 1 aliphatic carbocycles. The molecule has 4 heteroatoms. The molecule has 1 unspecified atom stereocenters. The van der Waals surface area contributed by atoms with Crippen molar-refractivity contribution in [1.29, 1.82) is 0 Å². The summed E-state index contributed by atoms with van der Waals surface area (Å²) in [6.45, 7) is 4.22. The van der Waals surface area contributed by atoms with Crippen molar-refractivity contribution in [3.05, 3.63) is 0 Å². The Labute approximate surface area is 104 Å². The molecule has 1 saturated carbocycles. The molecule has 2 rings (SSSR count). The third kappa shape index (κ3) is 3.63. The Balaban J connectivity index is 0.00000128. The van der Waals surface area contributed by atoms with Crippen molar-refractivity contribution in [2.75, 3.05) is 13.1 Å². The van der Waals surface area contributed by atoms with E-state index in [2.05, 4.69) is 17.6 Å². The fraction of sp³-hybridized carbons (Fsp3) is 0.917. The number of nitrogens with one attached hydrogen (secondary N) is 2. The Kier molecular flexibility index (Phi) is 5.06. The van der Waals surface area contributed by atoms with Gasteiger partial charge in [-0.3, -0.25) is 4.79 Å². The maximum absolute atomic E-state index is 11.6. The first kappa shape index (κ1) is 13.8. The largest absolute Gasteiger partial charge is 0.356 e. The van der Waals surface area contributed by atoms with Gasteiger partial charge in [-0.15, -0.1) is 12.4 Å². The molecule has 16 heavy (non-hydrogen) atoms. The Morgan fingerprint density at radius 3 is 2.69 bits per heavy atom. The predicted octanol–water partition coefficient (Wildman–Crippen LogP) is 1.86. The maximum atomic E-state index is 11.6. The van der Waals surface area contributed by atoms with E-state index in [0.717, 1.165) is 19.5 Å². The Hall–Kier alpha value is -0.280. The van der Waals surface area contributed by atoms with Gasteiger partial charge in [-0.25, -0.2) is 0 Å². The first-order chi connectivity index (χ1) is 7.18. The quantitative estimate of drug-likeness (QED) is 0.795. The van der Waals surface area contributed by atoms with E-state index in [4.69, 9.17) is 0 Å². The summed E-state index contributed by atoms with van der Waals surface area (Å²) in [6, 6.07) is 0.430. The lowest BCUT2D eigenvalue weighted by molar-refractivity contribution is -0.122. The van der Waals surface area contributed by atoms with Gasteiger partial charge in [0.15, 0.2) is 0 Å². The van der Waals surface area contributed by atoms with Gasteiger partial charge in [0, 0.05) is 19.0 Å². The van der Waals surface area contributed by atoms with Crippen molar-refractivity contribution in [2.24, 2.45) is 5.41 Å². The van der Waals surface area contributed by atoms with E-state index in [-0.39, 0.29) is 18.3 Å². The van der Waals surface area contributed by atoms with Crippen molar-refractivity contribution >= 4 is 18.3 Å². The molecule has 1 aliphatic heterocycles. The van der Waals surface area contributed by atoms with Gasteiger partial charge >= 0.3 is 0 Å². The molecule has 2 fully saturated rings. The van der Waals surface area contributed by atoms with Crippen LogP contribution in [0.5, 0.6) is 0 Å². The van der Waals surface area contributed by atoms with E-state index < -0.39 is 0 Å². The zero-order chi connectivity index (χ0) is 10.7. The van der Waals surface area contributed by atoms with E-state index in [1.807, 2.05) is 0 Å². The lowest BCUT2D eigenvalue weighted by Crippen LogP contribution is -2.41. The lowest BCUT2D eigenvalue weighted by atomic mass is 9.70. The minimum absolute atomic E-state index is 0. The summed E-state index contributed by atoms with van der Waals surface area (Å²) in [6.07, 6.45) is 6.91. The summed E-state index contributed by atoms with van der Waals surface area (Å²) in [7, 11) is 0. The van der Waals surface area contributed by atoms with E-state index in [9.17, 15) is 4.79 Å². The number of amides is 1. The smallest absolute Gasteiger partial charge is 0.221 e. The van der Waals surface area contributed by atoms with Crippen LogP contribution in [0.3, 0.4) is 0 Å². The molecule has 0 spiro atoms. The molecule has 0 aromatic rings. The molecule has 1 amide bonds. The van der Waals surface area contributed by atoms with E-state index in [1.165, 1.54) is 25.7 Å². The molecule has 1 atom stereocenters. The van der Waals surface area contributed by atoms with Crippen LogP contribution in [0.2, 0.25) is 0 Å². The van der Waals surface area contributed by atoms with Gasteiger partial charge in [0.25, 0.3) is 0 Å². The second-order valence-corrected chi connectivity index (χ2v) is 5.44. The number of rotatable bonds is 4. The van der Waals surface area contributed by atoms with Gasteiger partial charge in [0.2, 0.25) is 5.91 Å². The Morgan fingerprint density at radius 2 is 2.19 bits per heavy atom. The average Bonchev–Trinajstić information content (AvgIpc) is 2.64. The van der Waals surface area contributed by atoms with Crippen LogP contribution < -0.4 is 10.6 Å². The van der Waals surface area contributed by atoms with Crippen LogP contribution in [-0.4, -0.2) is 25.0 Å². The van der Waals surface area contributed by atoms with Crippen LogP contribution in [0.15, 0.2) is 0 Å². The predicted molar refractivity (Wildman–Crippen MR) is 67.9 cm³/mol. The fourth-order valence-corrected chi connectivity index (χ4v) is 2.50. The molecule has 1 saturated heterocycles. The second kappa shape index (κ2) is 5.87. The van der Waals surface area contributed by atoms with E-state index in [0.29, 0.717) is 17.9 Å². The number of hydrogen-bond donors (Lipinski definition) is 2. The first-order valence-corrected chi connectivity index (χ1v) is 6.18. The summed E-state index contributed by atoms with van der Waals surface area (Å²) < 4.78 is 0. The third-order valence-electron chi connectivity index (χ3n) is 3.87. The average molecular weight is 247 g/mol. The SMILES string of the molecule is CC1(CNC(=O)CC2CCCN2)CCC1.Cl. The Morgan fingerprint density at radius 1 is 1.44 bits per heavy atom. The van der Waals surface area contributed by atoms with Crippen LogP contribution in [-0.2, 0) is 4.79 Å². The van der Waals surface area contributed by atoms with Gasteiger partial charge < -0.3 is 10.6 Å². The Bertz CT molecular complexity index is 235. The summed E-state index contributed by atoms with van der Waals surface area (Å²) in [4.78, 5) is 11.6. The maximum Gasteiger partial charge on any atom is 0.221 e. The minimum Gasteiger partial charge on any atom is -0.356 e. The molecule has 2 N–H and O–H groups in total. The van der Waals surface area contributed by atoms with Gasteiger partial charge in [-0.1, -0.05) is 13.3 Å². The van der Waals surface area contributed by atoms with Crippen molar-refractivity contribution in [2.45, 2.75) is 51.5 Å². The highest BCUT2D eigenvalue weighted by molar-refractivity contribution is 5.85. The first-order valence-electron chi connectivity index (χ1n) is 6.18. The lowest BCUT2D eigenvalue weighted by Gasteiger charge is -2.38. The van der Waals surface area contributed by atoms with Crippen LogP contribution in [0.25, 0.3) is 0 Å². The topological polar surface area (TPSA) is 41.1 Å². The summed E-state index contributed by atoms with van der Waals surface area (Å²) in [5, 5.41) is 6.42. The summed E-state index contributed by atoms with van der Waals surface area (Å²) in [5.41, 5.74) is 0.402. The minimum atomic E-state index is 0. The highest BCUT2D eigenvalue weighted by atomic mass is 35.5. The van der Waals surface area contributed by atoms with Crippen molar-refractivity contribution in [3.63, 3.8) is 0 Å². The number of carbonyl (C=O) groups is 1. The highest BCUT2D eigenvalue weighted by Gasteiger charge is 2.32. The molecular formula is C12H23ClN2O. The van der Waals surface area contributed by atoms with Crippen LogP contribution in [0, 0.1) is 5.41 Å². The van der Waals surface area contributed by atoms with Crippen LogP contribution in [0.1, 0.15) is 45.4 Å². The highest BCUT2D eigenvalue weighted by Crippen LogP contribution is 2.39. The standard InChI is InChI=1S/C12H22N2O.ClH/c1-12(5-3-6-12)9-14-11(15)8-10-4-2-7-13-10;/h10,13H,2-9H2,1H3,(H,14,15);1H. The van der Waals surface area contributed by atoms with Gasteiger partial charge in [0.1, 0.15) is 0 Å². The van der Waals surface area contributed by atoms with Gasteiger partial charge in [-0.2, -0.15) is 0 Å². The molecule has 3 nitrogen and oxygen atoms in total. The molecule has 94 valence electrons. The van der Waals surface area contributed by atoms with E-state index >= 15 is 0 Å². The van der Waals surface area contributed by atoms with E-state index in [1.54, 1.807) is 0 Å². The van der Waals surface area contributed by atoms with Crippen molar-refractivity contribution < 1.29 is 4.79 Å². The molecule has 2 aliphatic rings. The van der Waals surface area contributed by atoms with Gasteiger partial charge in [-0.05, 0) is 37.6 Å². The monoisotopic (exact) mass is 246 g/mol. The zero-order valence-corrected chi connectivity index (χ0v) is 10.9. The fourth-order valence-electron chi connectivity index (χ4n) is 2.50. The molecule has 1 heterocycles. The summed E-state index contributed by atoms with van der Waals surface area (Å²) in [5.74, 6) is 0.225. The molecule has 0 bridgehead atoms. The van der Waals surface area contributed by atoms with Crippen molar-refractivity contribution in [3.8, 4) is 0 Å². The number of halogens is 1. The van der Waals surface area contributed by atoms with Gasteiger partial charge in [0.05, 0.1) is 0 Å².